The highest BCUT2D eigenvalue weighted by Crippen LogP contribution is 2.34. The molecule has 0 bridgehead atoms. The summed E-state index contributed by atoms with van der Waals surface area (Å²) < 4.78 is 8.81. The van der Waals surface area contributed by atoms with Gasteiger partial charge in [-0.1, -0.05) is 0 Å². The predicted molar refractivity (Wildman–Crippen MR) is 98.3 cm³/mol. The molecule has 3 rings (SSSR count). The van der Waals surface area contributed by atoms with Gasteiger partial charge in [0.05, 0.1) is 17.1 Å². The van der Waals surface area contributed by atoms with Crippen molar-refractivity contribution in [2.45, 2.75) is 45.3 Å². The summed E-state index contributed by atoms with van der Waals surface area (Å²) in [6.07, 6.45) is 1.65. The Bertz CT molecular complexity index is 748. The Labute approximate surface area is 150 Å². The number of nitrogens with zero attached hydrogens (tertiary/aromatic N) is 3. The lowest BCUT2D eigenvalue weighted by molar-refractivity contribution is 0.0216. The normalized spacial score (nSPS) is 18.7. The summed E-state index contributed by atoms with van der Waals surface area (Å²) in [6.45, 7) is 6.41. The zero-order valence-electron chi connectivity index (χ0n) is 14.0. The first kappa shape index (κ1) is 16.5. The van der Waals surface area contributed by atoms with E-state index in [4.69, 9.17) is 9.72 Å². The summed E-state index contributed by atoms with van der Waals surface area (Å²) in [5, 5.41) is 0. The van der Waals surface area contributed by atoms with E-state index in [1.807, 2.05) is 32.7 Å². The topological polar surface area (TPSA) is 47.4 Å². The van der Waals surface area contributed by atoms with Gasteiger partial charge < -0.3 is 9.30 Å². The van der Waals surface area contributed by atoms with Gasteiger partial charge in [0, 0.05) is 17.2 Å². The van der Waals surface area contributed by atoms with Crippen molar-refractivity contribution in [2.24, 2.45) is 7.05 Å². The minimum atomic E-state index is -0.479. The van der Waals surface area contributed by atoms with Crippen molar-refractivity contribution in [1.29, 1.82) is 0 Å². The number of halogens is 1. The van der Waals surface area contributed by atoms with Crippen LogP contribution in [0.2, 0.25) is 0 Å². The highest BCUT2D eigenvalue weighted by atomic mass is 127. The number of hydrogen-bond donors (Lipinski definition) is 0. The average molecular weight is 427 g/mol. The van der Waals surface area contributed by atoms with Crippen LogP contribution < -0.4 is 0 Å². The third kappa shape index (κ3) is 3.32. The van der Waals surface area contributed by atoms with Crippen LogP contribution in [-0.4, -0.2) is 32.7 Å². The highest BCUT2D eigenvalue weighted by Gasteiger charge is 2.35. The molecule has 124 valence electrons. The van der Waals surface area contributed by atoms with E-state index >= 15 is 0 Å². The number of ether oxygens (including phenoxy) is 1. The van der Waals surface area contributed by atoms with Crippen molar-refractivity contribution in [2.75, 3.05) is 6.54 Å². The third-order valence-electron chi connectivity index (χ3n) is 4.06. The molecule has 1 aliphatic heterocycles. The molecule has 1 amide bonds. The van der Waals surface area contributed by atoms with Crippen molar-refractivity contribution < 1.29 is 9.53 Å². The number of carbonyl (C=O) groups excluding carboxylic acids is 1. The van der Waals surface area contributed by atoms with Crippen molar-refractivity contribution in [1.82, 2.24) is 14.5 Å². The minimum Gasteiger partial charge on any atom is -0.444 e. The molecule has 5 nitrogen and oxygen atoms in total. The maximum Gasteiger partial charge on any atom is 0.410 e. The monoisotopic (exact) mass is 427 g/mol. The Morgan fingerprint density at radius 3 is 2.83 bits per heavy atom. The summed E-state index contributed by atoms with van der Waals surface area (Å²) in [7, 11) is 2.02. The molecule has 1 fully saturated rings. The fourth-order valence-corrected chi connectivity index (χ4v) is 3.54. The molecule has 0 unspecified atom stereocenters. The zero-order chi connectivity index (χ0) is 16.8. The van der Waals surface area contributed by atoms with Gasteiger partial charge in [-0.15, -0.1) is 0 Å². The second-order valence-electron chi connectivity index (χ2n) is 6.99. The van der Waals surface area contributed by atoms with Crippen LogP contribution in [0.25, 0.3) is 11.0 Å². The average Bonchev–Trinajstić information content (AvgIpc) is 3.01. The largest absolute Gasteiger partial charge is 0.444 e. The van der Waals surface area contributed by atoms with Crippen molar-refractivity contribution in [3.8, 4) is 0 Å². The van der Waals surface area contributed by atoms with Crippen LogP contribution in [-0.2, 0) is 11.8 Å². The number of rotatable bonds is 1. The first-order valence-corrected chi connectivity index (χ1v) is 8.95. The van der Waals surface area contributed by atoms with Crippen molar-refractivity contribution >= 4 is 39.7 Å². The number of likely N-dealkylation sites (tertiary alicyclic amines) is 1. The third-order valence-corrected chi connectivity index (χ3v) is 4.73. The Hall–Kier alpha value is -1.31. The Morgan fingerprint density at radius 1 is 1.39 bits per heavy atom. The van der Waals surface area contributed by atoms with Gasteiger partial charge in [-0.25, -0.2) is 9.78 Å². The van der Waals surface area contributed by atoms with E-state index in [0.717, 1.165) is 39.8 Å². The molecule has 6 heteroatoms. The molecule has 1 aromatic carbocycles. The van der Waals surface area contributed by atoms with Gasteiger partial charge in [-0.2, -0.15) is 0 Å². The molecule has 1 atom stereocenters. The van der Waals surface area contributed by atoms with E-state index in [1.165, 1.54) is 0 Å². The van der Waals surface area contributed by atoms with E-state index in [-0.39, 0.29) is 12.1 Å². The predicted octanol–water partition coefficient (Wildman–Crippen LogP) is 4.25. The maximum atomic E-state index is 12.5. The number of hydrogen-bond acceptors (Lipinski definition) is 3. The van der Waals surface area contributed by atoms with Gasteiger partial charge in [0.15, 0.2) is 0 Å². The second-order valence-corrected chi connectivity index (χ2v) is 8.24. The number of carbonyl (C=O) groups is 1. The van der Waals surface area contributed by atoms with Crippen LogP contribution in [0.4, 0.5) is 4.79 Å². The summed E-state index contributed by atoms with van der Waals surface area (Å²) >= 11 is 2.29. The Kier molecular flexibility index (Phi) is 4.29. The van der Waals surface area contributed by atoms with Gasteiger partial charge in [0.2, 0.25) is 0 Å². The lowest BCUT2D eigenvalue weighted by atomic mass is 10.2. The SMILES string of the molecule is Cn1c([C@@H]2CCCN2C(=O)OC(C)(C)C)nc2cc(I)ccc21. The number of aryl methyl sites for hydroxylation is 1. The van der Waals surface area contributed by atoms with Gasteiger partial charge in [-0.3, -0.25) is 4.90 Å². The molecule has 1 aromatic heterocycles. The number of benzene rings is 1. The summed E-state index contributed by atoms with van der Waals surface area (Å²) in [5.74, 6) is 0.936. The lowest BCUT2D eigenvalue weighted by Crippen LogP contribution is -2.37. The fourth-order valence-electron chi connectivity index (χ4n) is 3.06. The molecular weight excluding hydrogens is 405 g/mol. The number of amides is 1. The summed E-state index contributed by atoms with van der Waals surface area (Å²) in [5.41, 5.74) is 1.59. The van der Waals surface area contributed by atoms with Gasteiger partial charge in [-0.05, 0) is 74.4 Å². The van der Waals surface area contributed by atoms with E-state index < -0.39 is 5.60 Å². The standard InChI is InChI=1S/C17H22IN3O2/c1-17(2,3)23-16(22)21-9-5-6-14(21)15-19-12-10-11(18)7-8-13(12)20(15)4/h7-8,10,14H,5-6,9H2,1-4H3/t14-/m0/s1. The van der Waals surface area contributed by atoms with Gasteiger partial charge >= 0.3 is 6.09 Å². The lowest BCUT2D eigenvalue weighted by Gasteiger charge is -2.28. The molecule has 0 radical (unpaired) electrons. The molecule has 0 saturated carbocycles. The smallest absolute Gasteiger partial charge is 0.410 e. The Balaban J connectivity index is 1.94. The number of aromatic nitrogens is 2. The summed E-state index contributed by atoms with van der Waals surface area (Å²) in [4.78, 5) is 19.1. The van der Waals surface area contributed by atoms with Gasteiger partial charge in [0.1, 0.15) is 11.4 Å². The molecule has 0 spiro atoms. The summed E-state index contributed by atoms with van der Waals surface area (Å²) in [6, 6.07) is 6.22. The van der Waals surface area contributed by atoms with E-state index in [2.05, 4.69) is 45.4 Å². The van der Waals surface area contributed by atoms with E-state index in [1.54, 1.807) is 0 Å². The number of fused-ring (bicyclic) bond motifs is 1. The molecule has 1 saturated heterocycles. The second kappa shape index (κ2) is 5.96. The molecule has 0 aliphatic carbocycles. The molecule has 1 aliphatic rings. The van der Waals surface area contributed by atoms with E-state index in [9.17, 15) is 4.79 Å². The first-order valence-electron chi connectivity index (χ1n) is 7.88. The van der Waals surface area contributed by atoms with Crippen LogP contribution in [0.5, 0.6) is 0 Å². The highest BCUT2D eigenvalue weighted by molar-refractivity contribution is 14.1. The van der Waals surface area contributed by atoms with Crippen LogP contribution in [0.15, 0.2) is 18.2 Å². The molecule has 23 heavy (non-hydrogen) atoms. The van der Waals surface area contributed by atoms with Gasteiger partial charge in [0.25, 0.3) is 0 Å². The zero-order valence-corrected chi connectivity index (χ0v) is 16.1. The van der Waals surface area contributed by atoms with Crippen molar-refractivity contribution in [3.63, 3.8) is 0 Å². The molecule has 0 N–H and O–H groups in total. The van der Waals surface area contributed by atoms with Crippen LogP contribution >= 0.6 is 22.6 Å². The maximum absolute atomic E-state index is 12.5. The van der Waals surface area contributed by atoms with Crippen LogP contribution in [0.3, 0.4) is 0 Å². The molecular formula is C17H22IN3O2. The Morgan fingerprint density at radius 2 is 2.13 bits per heavy atom. The van der Waals surface area contributed by atoms with Crippen LogP contribution in [0.1, 0.15) is 45.5 Å². The molecule has 2 aromatic rings. The molecule has 2 heterocycles. The van der Waals surface area contributed by atoms with Crippen LogP contribution in [0, 0.1) is 3.57 Å². The quantitative estimate of drug-likeness (QED) is 0.640. The minimum absolute atomic E-state index is 0.0140. The number of imidazole rings is 1. The van der Waals surface area contributed by atoms with E-state index in [0.29, 0.717) is 0 Å². The van der Waals surface area contributed by atoms with Crippen molar-refractivity contribution in [3.05, 3.63) is 27.6 Å². The first-order chi connectivity index (χ1) is 10.8. The fraction of sp³-hybridized carbons (Fsp3) is 0.529.